The third-order valence-corrected chi connectivity index (χ3v) is 3.70. The van der Waals surface area contributed by atoms with Crippen LogP contribution in [-0.4, -0.2) is 12.6 Å². The van der Waals surface area contributed by atoms with Gasteiger partial charge in [0.15, 0.2) is 0 Å². The average Bonchev–Trinajstić information content (AvgIpc) is 2.21. The molecule has 0 radical (unpaired) electrons. The lowest BCUT2D eigenvalue weighted by molar-refractivity contribution is 0.237. The van der Waals surface area contributed by atoms with Gasteiger partial charge in [-0.25, -0.2) is 0 Å². The van der Waals surface area contributed by atoms with Gasteiger partial charge in [0.1, 0.15) is 0 Å². The van der Waals surface area contributed by atoms with E-state index in [-0.39, 0.29) is 0 Å². The minimum Gasteiger partial charge on any atom is -0.313 e. The van der Waals surface area contributed by atoms with Crippen LogP contribution < -0.4 is 5.32 Å². The zero-order valence-corrected chi connectivity index (χ0v) is 12.4. The van der Waals surface area contributed by atoms with Gasteiger partial charge in [-0.15, -0.1) is 0 Å². The highest BCUT2D eigenvalue weighted by Crippen LogP contribution is 2.26. The summed E-state index contributed by atoms with van der Waals surface area (Å²) in [6, 6.07) is 0.674. The Bertz CT molecular complexity index is 153. The summed E-state index contributed by atoms with van der Waals surface area (Å²) >= 11 is 0. The molecule has 0 saturated heterocycles. The van der Waals surface area contributed by atoms with Gasteiger partial charge in [0.05, 0.1) is 0 Å². The first-order valence-corrected chi connectivity index (χ1v) is 7.19. The number of rotatable bonds is 8. The summed E-state index contributed by atoms with van der Waals surface area (Å²) in [4.78, 5) is 0. The van der Waals surface area contributed by atoms with Crippen molar-refractivity contribution in [3.05, 3.63) is 0 Å². The van der Waals surface area contributed by atoms with Gasteiger partial charge < -0.3 is 5.32 Å². The molecule has 0 aliphatic carbocycles. The van der Waals surface area contributed by atoms with Crippen LogP contribution in [0.15, 0.2) is 0 Å². The fourth-order valence-electron chi connectivity index (χ4n) is 2.26. The first-order valence-electron chi connectivity index (χ1n) is 7.19. The first-order chi connectivity index (χ1) is 7.45. The highest BCUT2D eigenvalue weighted by atomic mass is 14.9. The highest BCUT2D eigenvalue weighted by molar-refractivity contribution is 4.81. The lowest BCUT2D eigenvalue weighted by atomic mass is 9.81. The van der Waals surface area contributed by atoms with Gasteiger partial charge >= 0.3 is 0 Å². The molecule has 1 N–H and O–H groups in total. The Morgan fingerprint density at radius 3 is 1.88 bits per heavy atom. The molecule has 0 amide bonds. The van der Waals surface area contributed by atoms with Crippen LogP contribution in [0.4, 0.5) is 0 Å². The van der Waals surface area contributed by atoms with Crippen LogP contribution in [0.3, 0.4) is 0 Å². The molecular weight excluding hydrogens is 194 g/mol. The molecule has 0 aromatic carbocycles. The minimum absolute atomic E-state index is 0.390. The summed E-state index contributed by atoms with van der Waals surface area (Å²) < 4.78 is 0. The standard InChI is InChI=1S/C15H33N/c1-7-12-16-14(15(4,5)6)11-10-13(8-2)9-3/h13-14,16H,7-12H2,1-6H3. The van der Waals surface area contributed by atoms with Crippen molar-refractivity contribution in [2.45, 2.75) is 79.7 Å². The van der Waals surface area contributed by atoms with Gasteiger partial charge in [-0.1, -0.05) is 54.4 Å². The van der Waals surface area contributed by atoms with Crippen molar-refractivity contribution in [3.63, 3.8) is 0 Å². The molecule has 0 heterocycles. The predicted octanol–water partition coefficient (Wildman–Crippen LogP) is 4.62. The molecule has 16 heavy (non-hydrogen) atoms. The Hall–Kier alpha value is -0.0400. The van der Waals surface area contributed by atoms with Crippen LogP contribution in [0.2, 0.25) is 0 Å². The van der Waals surface area contributed by atoms with E-state index in [9.17, 15) is 0 Å². The van der Waals surface area contributed by atoms with E-state index in [4.69, 9.17) is 0 Å². The third kappa shape index (κ3) is 6.52. The fraction of sp³-hybridized carbons (Fsp3) is 1.00. The molecule has 0 saturated carbocycles. The molecule has 0 spiro atoms. The van der Waals surface area contributed by atoms with Crippen LogP contribution in [0.1, 0.15) is 73.6 Å². The molecule has 1 nitrogen and oxygen atoms in total. The van der Waals surface area contributed by atoms with Gasteiger partial charge in [0.2, 0.25) is 0 Å². The van der Waals surface area contributed by atoms with Crippen molar-refractivity contribution in [2.24, 2.45) is 11.3 Å². The van der Waals surface area contributed by atoms with Crippen LogP contribution >= 0.6 is 0 Å². The van der Waals surface area contributed by atoms with E-state index in [1.807, 2.05) is 0 Å². The van der Waals surface area contributed by atoms with Crippen LogP contribution in [0.5, 0.6) is 0 Å². The molecule has 0 aromatic rings. The molecule has 0 rings (SSSR count). The van der Waals surface area contributed by atoms with Gasteiger partial charge in [0.25, 0.3) is 0 Å². The third-order valence-electron chi connectivity index (χ3n) is 3.70. The summed E-state index contributed by atoms with van der Waals surface area (Å²) in [7, 11) is 0. The summed E-state index contributed by atoms with van der Waals surface area (Å²) in [6.45, 7) is 15.1. The van der Waals surface area contributed by atoms with Gasteiger partial charge in [0, 0.05) is 6.04 Å². The molecule has 0 aliphatic rings. The Labute approximate surface area is 103 Å². The van der Waals surface area contributed by atoms with Crippen LogP contribution in [0, 0.1) is 11.3 Å². The normalized spacial score (nSPS) is 14.4. The zero-order chi connectivity index (χ0) is 12.6. The molecule has 0 aromatic heterocycles. The van der Waals surface area contributed by atoms with E-state index >= 15 is 0 Å². The van der Waals surface area contributed by atoms with Crippen molar-refractivity contribution >= 4 is 0 Å². The second kappa shape index (κ2) is 8.11. The van der Waals surface area contributed by atoms with E-state index in [1.54, 1.807) is 0 Å². The highest BCUT2D eigenvalue weighted by Gasteiger charge is 2.24. The van der Waals surface area contributed by atoms with E-state index in [0.29, 0.717) is 11.5 Å². The smallest absolute Gasteiger partial charge is 0.0116 e. The summed E-state index contributed by atoms with van der Waals surface area (Å²) in [6.07, 6.45) is 6.61. The van der Waals surface area contributed by atoms with E-state index < -0.39 is 0 Å². The van der Waals surface area contributed by atoms with Crippen molar-refractivity contribution in [2.75, 3.05) is 6.54 Å². The second-order valence-corrected chi connectivity index (χ2v) is 6.13. The van der Waals surface area contributed by atoms with E-state index in [2.05, 4.69) is 46.9 Å². The Kier molecular flexibility index (Phi) is 8.09. The summed E-state index contributed by atoms with van der Waals surface area (Å²) in [5.41, 5.74) is 0.390. The van der Waals surface area contributed by atoms with E-state index in [1.165, 1.54) is 32.1 Å². The quantitative estimate of drug-likeness (QED) is 0.638. The zero-order valence-electron chi connectivity index (χ0n) is 12.4. The molecule has 1 atom stereocenters. The lowest BCUT2D eigenvalue weighted by Gasteiger charge is -2.32. The maximum absolute atomic E-state index is 3.71. The second-order valence-electron chi connectivity index (χ2n) is 6.13. The molecule has 98 valence electrons. The molecule has 0 bridgehead atoms. The average molecular weight is 227 g/mol. The van der Waals surface area contributed by atoms with Crippen LogP contribution in [0.25, 0.3) is 0 Å². The molecule has 0 aliphatic heterocycles. The van der Waals surface area contributed by atoms with Gasteiger partial charge in [-0.3, -0.25) is 0 Å². The maximum atomic E-state index is 3.71. The largest absolute Gasteiger partial charge is 0.313 e. The molecular formula is C15H33N. The molecule has 0 fully saturated rings. The van der Waals surface area contributed by atoms with E-state index in [0.717, 1.165) is 12.5 Å². The minimum atomic E-state index is 0.390. The van der Waals surface area contributed by atoms with Crippen molar-refractivity contribution in [1.82, 2.24) is 5.32 Å². The Morgan fingerprint density at radius 2 is 1.50 bits per heavy atom. The Morgan fingerprint density at radius 1 is 0.938 bits per heavy atom. The van der Waals surface area contributed by atoms with Crippen molar-refractivity contribution in [3.8, 4) is 0 Å². The predicted molar refractivity (Wildman–Crippen MR) is 74.8 cm³/mol. The summed E-state index contributed by atoms with van der Waals surface area (Å²) in [5.74, 6) is 0.924. The van der Waals surface area contributed by atoms with Gasteiger partial charge in [-0.2, -0.15) is 0 Å². The summed E-state index contributed by atoms with van der Waals surface area (Å²) in [5, 5.41) is 3.71. The fourth-order valence-corrected chi connectivity index (χ4v) is 2.26. The lowest BCUT2D eigenvalue weighted by Crippen LogP contribution is -2.40. The van der Waals surface area contributed by atoms with Crippen LogP contribution in [-0.2, 0) is 0 Å². The number of nitrogens with one attached hydrogen (secondary N) is 1. The van der Waals surface area contributed by atoms with Crippen molar-refractivity contribution in [1.29, 1.82) is 0 Å². The monoisotopic (exact) mass is 227 g/mol. The maximum Gasteiger partial charge on any atom is 0.0116 e. The SMILES string of the molecule is CCCNC(CCC(CC)CC)C(C)(C)C. The van der Waals surface area contributed by atoms with Crippen molar-refractivity contribution < 1.29 is 0 Å². The Balaban J connectivity index is 4.10. The molecule has 1 unspecified atom stereocenters. The topological polar surface area (TPSA) is 12.0 Å². The molecule has 1 heteroatoms. The first kappa shape index (κ1) is 16.0. The number of hydrogen-bond donors (Lipinski definition) is 1. The van der Waals surface area contributed by atoms with Gasteiger partial charge in [-0.05, 0) is 37.1 Å². The number of hydrogen-bond acceptors (Lipinski definition) is 1.